The molecular weight excluding hydrogens is 134 g/mol. The Morgan fingerprint density at radius 3 is 3.00 bits per heavy atom. The van der Waals surface area contributed by atoms with Crippen molar-refractivity contribution in [1.29, 1.82) is 0 Å². The average Bonchev–Trinajstić information content (AvgIpc) is 2.31. The van der Waals surface area contributed by atoms with Crippen molar-refractivity contribution in [3.8, 4) is 0 Å². The molecule has 0 aliphatic carbocycles. The van der Waals surface area contributed by atoms with Crippen molar-refractivity contribution < 1.29 is 14.6 Å². The van der Waals surface area contributed by atoms with Crippen molar-refractivity contribution in [2.45, 2.75) is 6.42 Å². The Bertz CT molecular complexity index is 126. The maximum absolute atomic E-state index is 10.8. The van der Waals surface area contributed by atoms with Crippen LogP contribution in [-0.2, 0) is 9.53 Å². The molecule has 1 amide bonds. The molecule has 0 radical (unpaired) electrons. The zero-order valence-corrected chi connectivity index (χ0v) is 5.75. The summed E-state index contributed by atoms with van der Waals surface area (Å²) in [6, 6.07) is 0. The van der Waals surface area contributed by atoms with E-state index in [9.17, 15) is 4.79 Å². The number of carbonyl (C=O) groups excluding carboxylic acids is 1. The number of rotatable bonds is 3. The number of ether oxygens (including phenoxy) is 1. The Labute approximate surface area is 59.4 Å². The van der Waals surface area contributed by atoms with Gasteiger partial charge in [-0.15, -0.1) is 0 Å². The van der Waals surface area contributed by atoms with Crippen LogP contribution in [0.4, 0.5) is 0 Å². The van der Waals surface area contributed by atoms with Gasteiger partial charge in [-0.1, -0.05) is 0 Å². The third kappa shape index (κ3) is 1.68. The van der Waals surface area contributed by atoms with Crippen LogP contribution in [0.2, 0.25) is 0 Å². The van der Waals surface area contributed by atoms with Gasteiger partial charge in [-0.2, -0.15) is 0 Å². The van der Waals surface area contributed by atoms with Crippen molar-refractivity contribution in [3.05, 3.63) is 0 Å². The number of carbonyl (C=O) groups is 1. The molecule has 1 aliphatic rings. The van der Waals surface area contributed by atoms with Gasteiger partial charge in [0.25, 0.3) is 0 Å². The van der Waals surface area contributed by atoms with Crippen LogP contribution in [0.5, 0.6) is 0 Å². The summed E-state index contributed by atoms with van der Waals surface area (Å²) in [6.45, 7) is 1.32. The Morgan fingerprint density at radius 1 is 1.70 bits per heavy atom. The molecule has 4 nitrogen and oxygen atoms in total. The van der Waals surface area contributed by atoms with Crippen LogP contribution in [0.25, 0.3) is 0 Å². The molecule has 0 saturated carbocycles. The molecule has 0 unspecified atom stereocenters. The fourth-order valence-corrected chi connectivity index (χ4v) is 0.857. The average molecular weight is 145 g/mol. The smallest absolute Gasteiger partial charge is 0.250 e. The van der Waals surface area contributed by atoms with E-state index >= 15 is 0 Å². The lowest BCUT2D eigenvalue weighted by atomic mass is 10.4. The molecule has 0 spiro atoms. The maximum Gasteiger partial charge on any atom is 0.250 e. The first-order chi connectivity index (χ1) is 4.84. The third-order valence-corrected chi connectivity index (χ3v) is 1.41. The first-order valence-electron chi connectivity index (χ1n) is 3.31. The SMILES string of the molecule is O=C1COCN1CCCO. The zero-order chi connectivity index (χ0) is 7.40. The van der Waals surface area contributed by atoms with Gasteiger partial charge in [0.15, 0.2) is 0 Å². The molecule has 58 valence electrons. The Balaban J connectivity index is 2.20. The molecule has 1 heterocycles. The number of amides is 1. The van der Waals surface area contributed by atoms with E-state index in [1.807, 2.05) is 0 Å². The Hall–Kier alpha value is -0.610. The largest absolute Gasteiger partial charge is 0.396 e. The van der Waals surface area contributed by atoms with Gasteiger partial charge in [-0.05, 0) is 6.42 Å². The third-order valence-electron chi connectivity index (χ3n) is 1.41. The highest BCUT2D eigenvalue weighted by atomic mass is 16.5. The minimum Gasteiger partial charge on any atom is -0.396 e. The Kier molecular flexibility index (Phi) is 2.65. The molecule has 0 aromatic carbocycles. The summed E-state index contributed by atoms with van der Waals surface area (Å²) in [5.74, 6) is 0.0217. The van der Waals surface area contributed by atoms with Crippen LogP contribution < -0.4 is 0 Å². The summed E-state index contributed by atoms with van der Waals surface area (Å²) in [5, 5.41) is 8.43. The molecule has 1 fully saturated rings. The molecule has 4 heteroatoms. The lowest BCUT2D eigenvalue weighted by Crippen LogP contribution is -2.27. The van der Waals surface area contributed by atoms with Crippen molar-refractivity contribution in [1.82, 2.24) is 4.90 Å². The first kappa shape index (κ1) is 7.50. The predicted octanol–water partition coefficient (Wildman–Crippen LogP) is -0.815. The topological polar surface area (TPSA) is 49.8 Å². The summed E-state index contributed by atoms with van der Waals surface area (Å²) >= 11 is 0. The summed E-state index contributed by atoms with van der Waals surface area (Å²) in [7, 11) is 0. The number of nitrogens with zero attached hydrogens (tertiary/aromatic N) is 1. The van der Waals surface area contributed by atoms with E-state index in [0.29, 0.717) is 19.7 Å². The lowest BCUT2D eigenvalue weighted by Gasteiger charge is -2.11. The Morgan fingerprint density at radius 2 is 2.50 bits per heavy atom. The summed E-state index contributed by atoms with van der Waals surface area (Å²) in [6.07, 6.45) is 0.634. The van der Waals surface area contributed by atoms with Gasteiger partial charge in [0.2, 0.25) is 5.91 Å². The summed E-state index contributed by atoms with van der Waals surface area (Å²) in [4.78, 5) is 12.4. The van der Waals surface area contributed by atoms with Gasteiger partial charge in [0, 0.05) is 13.2 Å². The van der Waals surface area contributed by atoms with E-state index in [4.69, 9.17) is 9.84 Å². The first-order valence-corrected chi connectivity index (χ1v) is 3.31. The standard InChI is InChI=1S/C6H11NO3/c8-3-1-2-7-5-10-4-6(7)9/h8H,1-5H2. The zero-order valence-electron chi connectivity index (χ0n) is 5.75. The van der Waals surface area contributed by atoms with E-state index in [-0.39, 0.29) is 19.1 Å². The van der Waals surface area contributed by atoms with Crippen molar-refractivity contribution in [3.63, 3.8) is 0 Å². The number of aliphatic hydroxyl groups excluding tert-OH is 1. The molecular formula is C6H11NO3. The fourth-order valence-electron chi connectivity index (χ4n) is 0.857. The van der Waals surface area contributed by atoms with Crippen LogP contribution >= 0.6 is 0 Å². The van der Waals surface area contributed by atoms with Crippen molar-refractivity contribution in [2.24, 2.45) is 0 Å². The number of hydrogen-bond donors (Lipinski definition) is 1. The monoisotopic (exact) mass is 145 g/mol. The predicted molar refractivity (Wildman–Crippen MR) is 34.2 cm³/mol. The van der Waals surface area contributed by atoms with Gasteiger partial charge in [0.05, 0.1) is 0 Å². The van der Waals surface area contributed by atoms with E-state index in [0.717, 1.165) is 0 Å². The van der Waals surface area contributed by atoms with Crippen LogP contribution in [0, 0.1) is 0 Å². The molecule has 1 saturated heterocycles. The lowest BCUT2D eigenvalue weighted by molar-refractivity contribution is -0.126. The van der Waals surface area contributed by atoms with E-state index in [1.165, 1.54) is 0 Å². The fraction of sp³-hybridized carbons (Fsp3) is 0.833. The maximum atomic E-state index is 10.8. The van der Waals surface area contributed by atoms with E-state index < -0.39 is 0 Å². The normalized spacial score (nSPS) is 18.5. The highest BCUT2D eigenvalue weighted by Gasteiger charge is 2.19. The molecule has 0 atom stereocenters. The minimum absolute atomic E-state index is 0.0217. The highest BCUT2D eigenvalue weighted by molar-refractivity contribution is 5.78. The number of aliphatic hydroxyl groups is 1. The highest BCUT2D eigenvalue weighted by Crippen LogP contribution is 2.00. The van der Waals surface area contributed by atoms with E-state index in [2.05, 4.69) is 0 Å². The second kappa shape index (κ2) is 3.53. The molecule has 0 bridgehead atoms. The van der Waals surface area contributed by atoms with Crippen LogP contribution in [0.1, 0.15) is 6.42 Å². The molecule has 1 rings (SSSR count). The van der Waals surface area contributed by atoms with Gasteiger partial charge in [-0.3, -0.25) is 4.79 Å². The molecule has 0 aromatic rings. The summed E-state index contributed by atoms with van der Waals surface area (Å²) < 4.78 is 4.86. The van der Waals surface area contributed by atoms with Gasteiger partial charge in [-0.25, -0.2) is 0 Å². The van der Waals surface area contributed by atoms with Crippen LogP contribution in [0.3, 0.4) is 0 Å². The number of hydrogen-bond acceptors (Lipinski definition) is 3. The molecule has 0 aromatic heterocycles. The van der Waals surface area contributed by atoms with Gasteiger partial charge < -0.3 is 14.7 Å². The van der Waals surface area contributed by atoms with Crippen molar-refractivity contribution in [2.75, 3.05) is 26.5 Å². The van der Waals surface area contributed by atoms with Crippen molar-refractivity contribution >= 4 is 5.91 Å². The van der Waals surface area contributed by atoms with Gasteiger partial charge in [0.1, 0.15) is 13.3 Å². The summed E-state index contributed by atoms with van der Waals surface area (Å²) in [5.41, 5.74) is 0. The molecule has 10 heavy (non-hydrogen) atoms. The minimum atomic E-state index is 0.0217. The van der Waals surface area contributed by atoms with Crippen LogP contribution in [-0.4, -0.2) is 42.4 Å². The van der Waals surface area contributed by atoms with Crippen LogP contribution in [0.15, 0.2) is 0 Å². The molecule has 1 N–H and O–H groups in total. The second-order valence-electron chi connectivity index (χ2n) is 2.21. The second-order valence-corrected chi connectivity index (χ2v) is 2.21. The van der Waals surface area contributed by atoms with E-state index in [1.54, 1.807) is 4.90 Å². The molecule has 1 aliphatic heterocycles. The quantitative estimate of drug-likeness (QED) is 0.564. The van der Waals surface area contributed by atoms with Gasteiger partial charge >= 0.3 is 0 Å².